The second kappa shape index (κ2) is 5.60. The first kappa shape index (κ1) is 13.7. The molecule has 0 spiro atoms. The molecule has 1 unspecified atom stereocenters. The summed E-state index contributed by atoms with van der Waals surface area (Å²) < 4.78 is 0. The van der Waals surface area contributed by atoms with Gasteiger partial charge in [0.05, 0.1) is 5.56 Å². The van der Waals surface area contributed by atoms with Crippen LogP contribution in [0, 0.1) is 0 Å². The Balaban J connectivity index is 1.67. The average molecular weight is 285 g/mol. The fraction of sp³-hybridized carbons (Fsp3) is 0.375. The standard InChI is InChI=1S/C16H19N3O2/c1-11(10-19-8-4-7-15(19)20)18-16(21)13-9-17-14-6-3-2-5-12(13)14/h2-3,5-6,9,11,17H,4,7-8,10H2,1H3,(H,18,21). The molecule has 2 aromatic rings. The zero-order valence-electron chi connectivity index (χ0n) is 12.1. The molecule has 21 heavy (non-hydrogen) atoms. The fourth-order valence-electron chi connectivity index (χ4n) is 2.83. The van der Waals surface area contributed by atoms with E-state index in [0.29, 0.717) is 18.5 Å². The maximum absolute atomic E-state index is 12.4. The van der Waals surface area contributed by atoms with Crippen LogP contribution >= 0.6 is 0 Å². The first-order valence-corrected chi connectivity index (χ1v) is 7.30. The smallest absolute Gasteiger partial charge is 0.253 e. The Morgan fingerprint density at radius 2 is 2.24 bits per heavy atom. The van der Waals surface area contributed by atoms with Crippen molar-refractivity contribution in [3.8, 4) is 0 Å². The van der Waals surface area contributed by atoms with E-state index >= 15 is 0 Å². The van der Waals surface area contributed by atoms with E-state index in [-0.39, 0.29) is 17.9 Å². The van der Waals surface area contributed by atoms with Crippen LogP contribution in [0.15, 0.2) is 30.5 Å². The highest BCUT2D eigenvalue weighted by molar-refractivity contribution is 6.06. The molecule has 5 heteroatoms. The van der Waals surface area contributed by atoms with Gasteiger partial charge in [0.2, 0.25) is 5.91 Å². The van der Waals surface area contributed by atoms with Gasteiger partial charge in [0.15, 0.2) is 0 Å². The molecule has 1 fully saturated rings. The number of carbonyl (C=O) groups excluding carboxylic acids is 2. The molecule has 2 amide bonds. The van der Waals surface area contributed by atoms with Gasteiger partial charge in [-0.2, -0.15) is 0 Å². The van der Waals surface area contributed by atoms with Crippen molar-refractivity contribution in [3.05, 3.63) is 36.0 Å². The molecular weight excluding hydrogens is 266 g/mol. The predicted molar refractivity (Wildman–Crippen MR) is 81.0 cm³/mol. The van der Waals surface area contributed by atoms with Crippen LogP contribution < -0.4 is 5.32 Å². The van der Waals surface area contributed by atoms with Gasteiger partial charge >= 0.3 is 0 Å². The molecule has 1 aliphatic rings. The lowest BCUT2D eigenvalue weighted by Gasteiger charge is -2.21. The summed E-state index contributed by atoms with van der Waals surface area (Å²) in [5, 5.41) is 3.89. The predicted octanol–water partition coefficient (Wildman–Crippen LogP) is 1.91. The monoisotopic (exact) mass is 285 g/mol. The number of carbonyl (C=O) groups is 2. The second-order valence-corrected chi connectivity index (χ2v) is 5.57. The van der Waals surface area contributed by atoms with Gasteiger partial charge in [0.25, 0.3) is 5.91 Å². The van der Waals surface area contributed by atoms with Gasteiger partial charge in [0, 0.05) is 42.7 Å². The molecule has 1 aliphatic heterocycles. The normalized spacial score (nSPS) is 16.4. The van der Waals surface area contributed by atoms with Crippen LogP contribution in [0.25, 0.3) is 10.9 Å². The second-order valence-electron chi connectivity index (χ2n) is 5.57. The third-order valence-electron chi connectivity index (χ3n) is 3.88. The molecular formula is C16H19N3O2. The van der Waals surface area contributed by atoms with Crippen LogP contribution in [0.2, 0.25) is 0 Å². The zero-order valence-corrected chi connectivity index (χ0v) is 12.1. The van der Waals surface area contributed by atoms with E-state index in [4.69, 9.17) is 0 Å². The van der Waals surface area contributed by atoms with Crippen molar-refractivity contribution in [2.75, 3.05) is 13.1 Å². The van der Waals surface area contributed by atoms with Crippen molar-refractivity contribution < 1.29 is 9.59 Å². The number of benzene rings is 1. The topological polar surface area (TPSA) is 65.2 Å². The van der Waals surface area contributed by atoms with Crippen molar-refractivity contribution in [2.24, 2.45) is 0 Å². The minimum Gasteiger partial charge on any atom is -0.360 e. The van der Waals surface area contributed by atoms with Crippen molar-refractivity contribution in [2.45, 2.75) is 25.8 Å². The van der Waals surface area contributed by atoms with Gasteiger partial charge in [-0.25, -0.2) is 0 Å². The number of H-pyrrole nitrogens is 1. The number of fused-ring (bicyclic) bond motifs is 1. The summed E-state index contributed by atoms with van der Waals surface area (Å²) in [5.74, 6) is 0.0785. The average Bonchev–Trinajstić information content (AvgIpc) is 3.05. The number of nitrogens with zero attached hydrogens (tertiary/aromatic N) is 1. The van der Waals surface area contributed by atoms with Gasteiger partial charge in [-0.05, 0) is 19.4 Å². The van der Waals surface area contributed by atoms with Gasteiger partial charge in [-0.1, -0.05) is 18.2 Å². The summed E-state index contributed by atoms with van der Waals surface area (Å²) in [4.78, 5) is 28.9. The number of nitrogens with one attached hydrogen (secondary N) is 2. The van der Waals surface area contributed by atoms with Crippen molar-refractivity contribution in [3.63, 3.8) is 0 Å². The van der Waals surface area contributed by atoms with E-state index in [1.54, 1.807) is 6.20 Å². The minimum absolute atomic E-state index is 0.0618. The first-order chi connectivity index (χ1) is 10.1. The molecule has 1 aromatic heterocycles. The summed E-state index contributed by atoms with van der Waals surface area (Å²) in [5.41, 5.74) is 1.59. The van der Waals surface area contributed by atoms with Crippen LogP contribution in [0.1, 0.15) is 30.1 Å². The molecule has 2 N–H and O–H groups in total. The molecule has 5 nitrogen and oxygen atoms in total. The first-order valence-electron chi connectivity index (χ1n) is 7.30. The maximum Gasteiger partial charge on any atom is 0.253 e. The third kappa shape index (κ3) is 2.77. The van der Waals surface area contributed by atoms with Crippen molar-refractivity contribution in [1.29, 1.82) is 0 Å². The molecule has 110 valence electrons. The van der Waals surface area contributed by atoms with Gasteiger partial charge in [-0.15, -0.1) is 0 Å². The molecule has 1 saturated heterocycles. The van der Waals surface area contributed by atoms with Crippen LogP contribution in [0.5, 0.6) is 0 Å². The minimum atomic E-state index is -0.105. The van der Waals surface area contributed by atoms with Gasteiger partial charge in [0.1, 0.15) is 0 Å². The lowest BCUT2D eigenvalue weighted by atomic mass is 10.1. The number of amides is 2. The highest BCUT2D eigenvalue weighted by Crippen LogP contribution is 2.17. The molecule has 2 heterocycles. The summed E-state index contributed by atoms with van der Waals surface area (Å²) in [6.45, 7) is 3.30. The Bertz CT molecular complexity index is 677. The summed E-state index contributed by atoms with van der Waals surface area (Å²) in [6, 6.07) is 7.66. The number of likely N-dealkylation sites (tertiary alicyclic amines) is 1. The number of para-hydroxylation sites is 1. The number of aromatic amines is 1. The van der Waals surface area contributed by atoms with Gasteiger partial charge in [-0.3, -0.25) is 9.59 Å². The Morgan fingerprint density at radius 1 is 1.43 bits per heavy atom. The molecule has 3 rings (SSSR count). The summed E-state index contributed by atoms with van der Waals surface area (Å²) >= 11 is 0. The lowest BCUT2D eigenvalue weighted by molar-refractivity contribution is -0.127. The van der Waals surface area contributed by atoms with Crippen molar-refractivity contribution in [1.82, 2.24) is 15.2 Å². The Morgan fingerprint density at radius 3 is 3.00 bits per heavy atom. The summed E-state index contributed by atoms with van der Waals surface area (Å²) in [7, 11) is 0. The van der Waals surface area contributed by atoms with E-state index in [1.165, 1.54) is 0 Å². The Labute approximate surface area is 123 Å². The van der Waals surface area contributed by atoms with E-state index in [1.807, 2.05) is 36.1 Å². The van der Waals surface area contributed by atoms with Crippen LogP contribution in [-0.4, -0.2) is 40.8 Å². The Hall–Kier alpha value is -2.30. The maximum atomic E-state index is 12.4. The largest absolute Gasteiger partial charge is 0.360 e. The number of hydrogen-bond donors (Lipinski definition) is 2. The lowest BCUT2D eigenvalue weighted by Crippen LogP contribution is -2.42. The van der Waals surface area contributed by atoms with E-state index < -0.39 is 0 Å². The number of hydrogen-bond acceptors (Lipinski definition) is 2. The SMILES string of the molecule is CC(CN1CCCC1=O)NC(=O)c1c[nH]c2ccccc12. The molecule has 1 atom stereocenters. The zero-order chi connectivity index (χ0) is 14.8. The summed E-state index contributed by atoms with van der Waals surface area (Å²) in [6.07, 6.45) is 3.28. The molecule has 0 saturated carbocycles. The molecule has 1 aromatic carbocycles. The highest BCUT2D eigenvalue weighted by Gasteiger charge is 2.23. The molecule has 0 radical (unpaired) electrons. The van der Waals surface area contributed by atoms with Gasteiger partial charge < -0.3 is 15.2 Å². The van der Waals surface area contributed by atoms with E-state index in [0.717, 1.165) is 23.9 Å². The fourth-order valence-corrected chi connectivity index (χ4v) is 2.83. The quantitative estimate of drug-likeness (QED) is 0.901. The third-order valence-corrected chi connectivity index (χ3v) is 3.88. The van der Waals surface area contributed by atoms with E-state index in [9.17, 15) is 9.59 Å². The van der Waals surface area contributed by atoms with Crippen molar-refractivity contribution >= 4 is 22.7 Å². The Kier molecular flexibility index (Phi) is 3.64. The van der Waals surface area contributed by atoms with Crippen LogP contribution in [0.4, 0.5) is 0 Å². The number of aromatic nitrogens is 1. The molecule has 0 bridgehead atoms. The van der Waals surface area contributed by atoms with E-state index in [2.05, 4.69) is 10.3 Å². The number of rotatable bonds is 4. The molecule has 0 aliphatic carbocycles. The van der Waals surface area contributed by atoms with Crippen LogP contribution in [0.3, 0.4) is 0 Å². The van der Waals surface area contributed by atoms with Crippen LogP contribution in [-0.2, 0) is 4.79 Å². The highest BCUT2D eigenvalue weighted by atomic mass is 16.2.